The maximum Gasteiger partial charge on any atom is 0.117 e. The Morgan fingerprint density at radius 1 is 1.42 bits per heavy atom. The zero-order valence-corrected chi connectivity index (χ0v) is 12.6. The summed E-state index contributed by atoms with van der Waals surface area (Å²) in [5, 5.41) is 2.14. The molecule has 2 heterocycles. The fourth-order valence-electron chi connectivity index (χ4n) is 2.38. The van der Waals surface area contributed by atoms with Crippen LogP contribution in [0.4, 0.5) is 0 Å². The fourth-order valence-corrected chi connectivity index (χ4v) is 3.55. The van der Waals surface area contributed by atoms with Crippen molar-refractivity contribution in [2.75, 3.05) is 7.05 Å². The molecule has 0 radical (unpaired) electrons. The molecule has 0 spiro atoms. The zero-order valence-electron chi connectivity index (χ0n) is 11.8. The molecule has 2 unspecified atom stereocenters. The van der Waals surface area contributed by atoms with Gasteiger partial charge in [0, 0.05) is 10.9 Å². The Labute approximate surface area is 119 Å². The van der Waals surface area contributed by atoms with Gasteiger partial charge in [-0.3, -0.25) is 4.90 Å². The smallest absolute Gasteiger partial charge is 0.117 e. The molecular weight excluding hydrogens is 256 g/mol. The quantitative estimate of drug-likeness (QED) is 0.878. The summed E-state index contributed by atoms with van der Waals surface area (Å²) in [5.41, 5.74) is 7.67. The van der Waals surface area contributed by atoms with E-state index in [0.29, 0.717) is 0 Å². The second-order valence-electron chi connectivity index (χ2n) is 4.98. The number of aryl methyl sites for hydroxylation is 1. The summed E-state index contributed by atoms with van der Waals surface area (Å²) in [4.78, 5) is 3.65. The molecule has 104 valence electrons. The third-order valence-corrected chi connectivity index (χ3v) is 4.60. The molecule has 0 aliphatic carbocycles. The summed E-state index contributed by atoms with van der Waals surface area (Å²) in [6.07, 6.45) is 2.68. The predicted octanol–water partition coefficient (Wildman–Crippen LogP) is 3.56. The Kier molecular flexibility index (Phi) is 4.80. The molecule has 2 rings (SSSR count). The summed E-state index contributed by atoms with van der Waals surface area (Å²) < 4.78 is 5.44. The van der Waals surface area contributed by atoms with E-state index in [1.165, 1.54) is 10.4 Å². The summed E-state index contributed by atoms with van der Waals surface area (Å²) in [5.74, 6) is 0.977. The van der Waals surface area contributed by atoms with Gasteiger partial charge in [0.25, 0.3) is 0 Å². The molecule has 0 bridgehead atoms. The molecule has 2 aromatic heterocycles. The van der Waals surface area contributed by atoms with Gasteiger partial charge in [0.05, 0.1) is 18.8 Å². The van der Waals surface area contributed by atoms with E-state index in [2.05, 4.69) is 37.2 Å². The van der Waals surface area contributed by atoms with Crippen LogP contribution in [0, 0.1) is 6.92 Å². The van der Waals surface area contributed by atoms with Gasteiger partial charge >= 0.3 is 0 Å². The van der Waals surface area contributed by atoms with E-state index in [1.807, 2.05) is 12.1 Å². The Bertz CT molecular complexity index is 492. The average Bonchev–Trinajstić information content (AvgIpc) is 3.02. The van der Waals surface area contributed by atoms with Crippen molar-refractivity contribution in [1.29, 1.82) is 0 Å². The van der Waals surface area contributed by atoms with Crippen LogP contribution < -0.4 is 5.73 Å². The van der Waals surface area contributed by atoms with Crippen LogP contribution in [0.5, 0.6) is 0 Å². The standard InChI is InChI=1S/C15H22N2OS/c1-4-13(16)14(15-11(2)7-9-19-15)17(3)10-12-6-5-8-18-12/h5-9,13-14H,4,10,16H2,1-3H3. The molecule has 2 aromatic rings. The third-order valence-electron chi connectivity index (χ3n) is 3.51. The summed E-state index contributed by atoms with van der Waals surface area (Å²) in [6.45, 7) is 5.08. The second-order valence-corrected chi connectivity index (χ2v) is 5.93. The maximum atomic E-state index is 6.34. The van der Waals surface area contributed by atoms with Gasteiger partial charge in [-0.2, -0.15) is 0 Å². The van der Waals surface area contributed by atoms with Gasteiger partial charge in [-0.15, -0.1) is 11.3 Å². The first-order chi connectivity index (χ1) is 9.13. The lowest BCUT2D eigenvalue weighted by Crippen LogP contribution is -2.38. The highest BCUT2D eigenvalue weighted by atomic mass is 32.1. The van der Waals surface area contributed by atoms with Crippen molar-refractivity contribution in [3.8, 4) is 0 Å². The van der Waals surface area contributed by atoms with Gasteiger partial charge in [0.15, 0.2) is 0 Å². The normalized spacial score (nSPS) is 14.8. The van der Waals surface area contributed by atoms with Crippen molar-refractivity contribution in [2.45, 2.75) is 38.9 Å². The van der Waals surface area contributed by atoms with Crippen LogP contribution in [-0.2, 0) is 6.54 Å². The lowest BCUT2D eigenvalue weighted by atomic mass is 10.0. The van der Waals surface area contributed by atoms with Gasteiger partial charge in [0.1, 0.15) is 5.76 Å². The van der Waals surface area contributed by atoms with E-state index in [0.717, 1.165) is 18.7 Å². The predicted molar refractivity (Wildman–Crippen MR) is 80.2 cm³/mol. The Morgan fingerprint density at radius 2 is 2.21 bits per heavy atom. The van der Waals surface area contributed by atoms with Crippen LogP contribution in [-0.4, -0.2) is 18.0 Å². The van der Waals surface area contributed by atoms with Crippen molar-refractivity contribution in [2.24, 2.45) is 5.73 Å². The molecular formula is C15H22N2OS. The number of rotatable bonds is 6. The van der Waals surface area contributed by atoms with Crippen LogP contribution in [0.1, 0.15) is 35.6 Å². The second kappa shape index (κ2) is 6.37. The molecule has 0 saturated carbocycles. The lowest BCUT2D eigenvalue weighted by molar-refractivity contribution is 0.190. The highest BCUT2D eigenvalue weighted by Crippen LogP contribution is 2.31. The SMILES string of the molecule is CCC(N)C(c1sccc1C)N(C)Cc1ccco1. The van der Waals surface area contributed by atoms with E-state index < -0.39 is 0 Å². The first-order valence-electron chi connectivity index (χ1n) is 6.65. The zero-order chi connectivity index (χ0) is 13.8. The van der Waals surface area contributed by atoms with E-state index in [1.54, 1.807) is 17.6 Å². The summed E-state index contributed by atoms with van der Waals surface area (Å²) in [6, 6.07) is 6.48. The molecule has 0 fully saturated rings. The van der Waals surface area contributed by atoms with Gasteiger partial charge in [-0.05, 0) is 49.5 Å². The number of likely N-dealkylation sites (N-methyl/N-ethyl adjacent to an activating group) is 1. The number of hydrogen-bond donors (Lipinski definition) is 1. The van der Waals surface area contributed by atoms with Crippen LogP contribution >= 0.6 is 11.3 Å². The molecule has 0 amide bonds. The molecule has 0 saturated heterocycles. The Balaban J connectivity index is 2.20. The number of nitrogens with two attached hydrogens (primary N) is 1. The molecule has 19 heavy (non-hydrogen) atoms. The van der Waals surface area contributed by atoms with E-state index >= 15 is 0 Å². The van der Waals surface area contributed by atoms with E-state index in [-0.39, 0.29) is 12.1 Å². The van der Waals surface area contributed by atoms with Gasteiger partial charge in [-0.1, -0.05) is 6.92 Å². The van der Waals surface area contributed by atoms with Crippen molar-refractivity contribution < 1.29 is 4.42 Å². The summed E-state index contributed by atoms with van der Waals surface area (Å²) >= 11 is 1.79. The molecule has 0 aromatic carbocycles. The first kappa shape index (κ1) is 14.3. The number of hydrogen-bond acceptors (Lipinski definition) is 4. The highest BCUT2D eigenvalue weighted by molar-refractivity contribution is 7.10. The molecule has 0 aliphatic heterocycles. The van der Waals surface area contributed by atoms with Crippen molar-refractivity contribution in [1.82, 2.24) is 4.90 Å². The van der Waals surface area contributed by atoms with Gasteiger partial charge in [0.2, 0.25) is 0 Å². The van der Waals surface area contributed by atoms with Crippen molar-refractivity contribution >= 4 is 11.3 Å². The monoisotopic (exact) mass is 278 g/mol. The van der Waals surface area contributed by atoms with Crippen LogP contribution in [0.15, 0.2) is 34.3 Å². The Morgan fingerprint density at radius 3 is 2.74 bits per heavy atom. The fraction of sp³-hybridized carbons (Fsp3) is 0.467. The minimum atomic E-state index is 0.136. The van der Waals surface area contributed by atoms with Crippen LogP contribution in [0.2, 0.25) is 0 Å². The van der Waals surface area contributed by atoms with Crippen molar-refractivity contribution in [3.63, 3.8) is 0 Å². The van der Waals surface area contributed by atoms with Gasteiger partial charge < -0.3 is 10.2 Å². The van der Waals surface area contributed by atoms with Gasteiger partial charge in [-0.25, -0.2) is 0 Å². The average molecular weight is 278 g/mol. The summed E-state index contributed by atoms with van der Waals surface area (Å²) in [7, 11) is 2.11. The number of nitrogens with zero attached hydrogens (tertiary/aromatic N) is 1. The van der Waals surface area contributed by atoms with Crippen molar-refractivity contribution in [3.05, 3.63) is 46.0 Å². The number of thiophene rings is 1. The largest absolute Gasteiger partial charge is 0.468 e. The molecule has 2 N–H and O–H groups in total. The van der Waals surface area contributed by atoms with Crippen LogP contribution in [0.25, 0.3) is 0 Å². The third kappa shape index (κ3) is 3.26. The first-order valence-corrected chi connectivity index (χ1v) is 7.53. The lowest BCUT2D eigenvalue weighted by Gasteiger charge is -2.31. The minimum Gasteiger partial charge on any atom is -0.468 e. The van der Waals surface area contributed by atoms with Crippen LogP contribution in [0.3, 0.4) is 0 Å². The topological polar surface area (TPSA) is 42.4 Å². The molecule has 2 atom stereocenters. The van der Waals surface area contributed by atoms with E-state index in [4.69, 9.17) is 10.2 Å². The number of furan rings is 1. The molecule has 4 heteroatoms. The highest BCUT2D eigenvalue weighted by Gasteiger charge is 2.26. The van der Waals surface area contributed by atoms with E-state index in [9.17, 15) is 0 Å². The molecule has 0 aliphatic rings. The Hall–Kier alpha value is -1.10. The molecule has 3 nitrogen and oxygen atoms in total. The minimum absolute atomic E-state index is 0.136. The maximum absolute atomic E-state index is 6.34.